The molecule has 8 heteroatoms. The highest BCUT2D eigenvalue weighted by molar-refractivity contribution is 5.93. The minimum absolute atomic E-state index is 0.218. The summed E-state index contributed by atoms with van der Waals surface area (Å²) in [6.07, 6.45) is 6.05. The number of nitrogens with one attached hydrogen (secondary N) is 1. The number of aliphatic hydroxyl groups excluding tert-OH is 1. The number of aliphatic hydroxyl groups is 1. The Kier molecular flexibility index (Phi) is 3.53. The number of amides is 2. The zero-order chi connectivity index (χ0) is 15.8. The lowest BCUT2D eigenvalue weighted by atomic mass is 10.3. The molecule has 122 valence electrons. The molecule has 2 fully saturated rings. The van der Waals surface area contributed by atoms with E-state index in [4.69, 9.17) is 0 Å². The molecule has 23 heavy (non-hydrogen) atoms. The first-order valence-corrected chi connectivity index (χ1v) is 8.04. The Hall–Kier alpha value is -2.35. The van der Waals surface area contributed by atoms with Crippen LogP contribution in [0, 0.1) is 0 Å². The van der Waals surface area contributed by atoms with E-state index in [-0.39, 0.29) is 6.03 Å². The number of nitrogens with zero attached hydrogens (tertiary/aromatic N) is 5. The minimum atomic E-state index is -0.426. The van der Waals surface area contributed by atoms with Gasteiger partial charge in [0.1, 0.15) is 11.5 Å². The standard InChI is InChI=1S/C15H20N6O2/c22-11-3-7-20(10-11)15(23)17-12-9-16-21-8-4-13(18-14(12)21)19-5-1-2-6-19/h4,8-9,11,22H,1-3,5-7,10H2,(H,17,23). The van der Waals surface area contributed by atoms with Crippen LogP contribution in [0.15, 0.2) is 18.5 Å². The summed E-state index contributed by atoms with van der Waals surface area (Å²) in [6, 6.07) is 1.73. The Balaban J connectivity index is 1.57. The number of hydrogen-bond donors (Lipinski definition) is 2. The van der Waals surface area contributed by atoms with Gasteiger partial charge in [-0.3, -0.25) is 0 Å². The van der Waals surface area contributed by atoms with Gasteiger partial charge in [0.25, 0.3) is 0 Å². The lowest BCUT2D eigenvalue weighted by Crippen LogP contribution is -2.33. The van der Waals surface area contributed by atoms with E-state index >= 15 is 0 Å². The molecule has 2 aliphatic rings. The van der Waals surface area contributed by atoms with Gasteiger partial charge in [0.15, 0.2) is 5.65 Å². The minimum Gasteiger partial charge on any atom is -0.391 e. The summed E-state index contributed by atoms with van der Waals surface area (Å²) in [4.78, 5) is 20.8. The predicted octanol–water partition coefficient (Wildman–Crippen LogP) is 0.928. The van der Waals surface area contributed by atoms with Gasteiger partial charge in [-0.2, -0.15) is 5.10 Å². The third-order valence-corrected chi connectivity index (χ3v) is 4.48. The van der Waals surface area contributed by atoms with E-state index in [0.29, 0.717) is 30.8 Å². The smallest absolute Gasteiger partial charge is 0.322 e. The molecule has 2 amide bonds. The highest BCUT2D eigenvalue weighted by atomic mass is 16.3. The zero-order valence-corrected chi connectivity index (χ0v) is 12.9. The fourth-order valence-electron chi connectivity index (χ4n) is 3.19. The van der Waals surface area contributed by atoms with Gasteiger partial charge < -0.3 is 20.2 Å². The molecular weight excluding hydrogens is 296 g/mol. The number of rotatable bonds is 2. The average Bonchev–Trinajstić information content (AvgIpc) is 3.27. The number of carbonyl (C=O) groups excluding carboxylic acids is 1. The maximum atomic E-state index is 12.3. The van der Waals surface area contributed by atoms with Crippen LogP contribution in [0.2, 0.25) is 0 Å². The number of carbonyl (C=O) groups is 1. The van der Waals surface area contributed by atoms with Crippen molar-refractivity contribution in [2.75, 3.05) is 36.4 Å². The van der Waals surface area contributed by atoms with Crippen LogP contribution in [0.1, 0.15) is 19.3 Å². The van der Waals surface area contributed by atoms with Crippen molar-refractivity contribution in [2.45, 2.75) is 25.4 Å². The molecular formula is C15H20N6O2. The summed E-state index contributed by atoms with van der Waals surface area (Å²) < 4.78 is 1.66. The molecule has 0 aliphatic carbocycles. The Morgan fingerprint density at radius 2 is 2.13 bits per heavy atom. The van der Waals surface area contributed by atoms with E-state index in [1.54, 1.807) is 15.6 Å². The first kappa shape index (κ1) is 14.3. The Morgan fingerprint density at radius 1 is 1.30 bits per heavy atom. The van der Waals surface area contributed by atoms with Crippen molar-refractivity contribution in [1.82, 2.24) is 19.5 Å². The van der Waals surface area contributed by atoms with Crippen LogP contribution in [-0.2, 0) is 0 Å². The van der Waals surface area contributed by atoms with E-state index in [2.05, 4.69) is 20.3 Å². The molecule has 1 unspecified atom stereocenters. The van der Waals surface area contributed by atoms with Gasteiger partial charge in [-0.1, -0.05) is 0 Å². The fourth-order valence-corrected chi connectivity index (χ4v) is 3.19. The zero-order valence-electron chi connectivity index (χ0n) is 12.9. The molecule has 2 aromatic heterocycles. The molecule has 0 aromatic carbocycles. The monoisotopic (exact) mass is 316 g/mol. The van der Waals surface area contributed by atoms with Crippen LogP contribution >= 0.6 is 0 Å². The van der Waals surface area contributed by atoms with Crippen LogP contribution < -0.4 is 10.2 Å². The second-order valence-corrected chi connectivity index (χ2v) is 6.12. The van der Waals surface area contributed by atoms with Crippen molar-refractivity contribution in [3.8, 4) is 0 Å². The second-order valence-electron chi connectivity index (χ2n) is 6.12. The number of fused-ring (bicyclic) bond motifs is 1. The van der Waals surface area contributed by atoms with E-state index in [1.165, 1.54) is 12.8 Å². The van der Waals surface area contributed by atoms with Crippen LogP contribution in [0.4, 0.5) is 16.3 Å². The third kappa shape index (κ3) is 2.70. The molecule has 0 spiro atoms. The van der Waals surface area contributed by atoms with Crippen LogP contribution in [-0.4, -0.2) is 62.9 Å². The molecule has 2 aromatic rings. The SMILES string of the molecule is O=C(Nc1cnn2ccc(N3CCCC3)nc12)N1CCC(O)C1. The summed E-state index contributed by atoms with van der Waals surface area (Å²) in [5.41, 5.74) is 1.24. The normalized spacial score (nSPS) is 21.3. The number of hydrogen-bond acceptors (Lipinski definition) is 5. The predicted molar refractivity (Wildman–Crippen MR) is 85.6 cm³/mol. The van der Waals surface area contributed by atoms with Crippen molar-refractivity contribution in [2.24, 2.45) is 0 Å². The average molecular weight is 316 g/mol. The van der Waals surface area contributed by atoms with Gasteiger partial charge in [-0.15, -0.1) is 0 Å². The largest absolute Gasteiger partial charge is 0.391 e. The van der Waals surface area contributed by atoms with E-state index in [1.807, 2.05) is 12.3 Å². The molecule has 4 rings (SSSR count). The maximum Gasteiger partial charge on any atom is 0.322 e. The molecule has 0 radical (unpaired) electrons. The van der Waals surface area contributed by atoms with Crippen molar-refractivity contribution >= 4 is 23.2 Å². The molecule has 0 saturated carbocycles. The van der Waals surface area contributed by atoms with Gasteiger partial charge in [0.2, 0.25) is 0 Å². The molecule has 2 saturated heterocycles. The first-order valence-electron chi connectivity index (χ1n) is 8.04. The van der Waals surface area contributed by atoms with Gasteiger partial charge in [0.05, 0.1) is 12.3 Å². The first-order chi connectivity index (χ1) is 11.2. The maximum absolute atomic E-state index is 12.3. The summed E-state index contributed by atoms with van der Waals surface area (Å²) in [5, 5.41) is 16.6. The molecule has 0 bridgehead atoms. The summed E-state index contributed by atoms with van der Waals surface area (Å²) in [6.45, 7) is 2.98. The van der Waals surface area contributed by atoms with Gasteiger partial charge >= 0.3 is 6.03 Å². The lowest BCUT2D eigenvalue weighted by Gasteiger charge is -2.17. The van der Waals surface area contributed by atoms with Gasteiger partial charge in [-0.25, -0.2) is 14.3 Å². The van der Waals surface area contributed by atoms with Crippen molar-refractivity contribution < 1.29 is 9.90 Å². The van der Waals surface area contributed by atoms with Crippen molar-refractivity contribution in [3.63, 3.8) is 0 Å². The van der Waals surface area contributed by atoms with E-state index in [0.717, 1.165) is 18.9 Å². The molecule has 2 aliphatic heterocycles. The number of aromatic nitrogens is 3. The van der Waals surface area contributed by atoms with E-state index in [9.17, 15) is 9.90 Å². The van der Waals surface area contributed by atoms with Crippen molar-refractivity contribution in [1.29, 1.82) is 0 Å². The topological polar surface area (TPSA) is 86.0 Å². The Labute approximate surface area is 133 Å². The number of urea groups is 1. The van der Waals surface area contributed by atoms with Crippen LogP contribution in [0.25, 0.3) is 5.65 Å². The Morgan fingerprint density at radius 3 is 2.87 bits per heavy atom. The fraction of sp³-hybridized carbons (Fsp3) is 0.533. The van der Waals surface area contributed by atoms with Gasteiger partial charge in [0, 0.05) is 32.4 Å². The summed E-state index contributed by atoms with van der Waals surface area (Å²) in [5.74, 6) is 0.919. The Bertz CT molecular complexity index is 724. The second kappa shape index (κ2) is 5.69. The third-order valence-electron chi connectivity index (χ3n) is 4.48. The number of β-amino-alcohol motifs (C(OH)–C–C–N with tert-alkyl or cyclic N) is 1. The quantitative estimate of drug-likeness (QED) is 0.861. The van der Waals surface area contributed by atoms with Crippen LogP contribution in [0.5, 0.6) is 0 Å². The molecule has 4 heterocycles. The lowest BCUT2D eigenvalue weighted by molar-refractivity contribution is 0.176. The number of anilines is 2. The molecule has 8 nitrogen and oxygen atoms in total. The van der Waals surface area contributed by atoms with E-state index < -0.39 is 6.10 Å². The van der Waals surface area contributed by atoms with Crippen molar-refractivity contribution in [3.05, 3.63) is 18.5 Å². The summed E-state index contributed by atoms with van der Waals surface area (Å²) >= 11 is 0. The molecule has 2 N–H and O–H groups in total. The highest BCUT2D eigenvalue weighted by Crippen LogP contribution is 2.22. The van der Waals surface area contributed by atoms with Gasteiger partial charge in [-0.05, 0) is 25.3 Å². The highest BCUT2D eigenvalue weighted by Gasteiger charge is 2.25. The summed E-state index contributed by atoms with van der Waals surface area (Å²) in [7, 11) is 0. The molecule has 1 atom stereocenters. The number of likely N-dealkylation sites (tertiary alicyclic amines) is 1. The van der Waals surface area contributed by atoms with Crippen LogP contribution in [0.3, 0.4) is 0 Å².